The Labute approximate surface area is 168 Å². The summed E-state index contributed by atoms with van der Waals surface area (Å²) in [5.74, 6) is 1.33. The standard InChI is InChI=1S/C22H22N2O3S/c1-26-21-11-8-15-13-16(9-10-19(15)24-21)23-22(25)18-6-2-3-7-20(18)28-14-17-5-4-12-27-17/h2-3,6-11,13,17H,4-5,12,14H2,1H3,(H,23,25). The van der Waals surface area contributed by atoms with E-state index in [4.69, 9.17) is 9.47 Å². The Bertz CT molecular complexity index is 986. The Morgan fingerprint density at radius 3 is 2.96 bits per heavy atom. The normalized spacial score (nSPS) is 16.2. The van der Waals surface area contributed by atoms with Crippen LogP contribution in [0.15, 0.2) is 59.5 Å². The van der Waals surface area contributed by atoms with Crippen LogP contribution in [0, 0.1) is 0 Å². The fourth-order valence-electron chi connectivity index (χ4n) is 3.24. The molecule has 0 radical (unpaired) electrons. The number of fused-ring (bicyclic) bond motifs is 1. The number of pyridine rings is 1. The highest BCUT2D eigenvalue weighted by molar-refractivity contribution is 7.99. The molecule has 0 bridgehead atoms. The zero-order valence-electron chi connectivity index (χ0n) is 15.7. The first kappa shape index (κ1) is 18.8. The van der Waals surface area contributed by atoms with Crippen molar-refractivity contribution in [1.29, 1.82) is 0 Å². The third-order valence-corrected chi connectivity index (χ3v) is 5.92. The van der Waals surface area contributed by atoms with Crippen LogP contribution in [-0.4, -0.2) is 36.5 Å². The van der Waals surface area contributed by atoms with E-state index >= 15 is 0 Å². The minimum Gasteiger partial charge on any atom is -0.481 e. The molecule has 28 heavy (non-hydrogen) atoms. The van der Waals surface area contributed by atoms with Gasteiger partial charge in [0.15, 0.2) is 0 Å². The molecule has 3 aromatic rings. The van der Waals surface area contributed by atoms with E-state index in [-0.39, 0.29) is 12.0 Å². The van der Waals surface area contributed by atoms with Gasteiger partial charge in [-0.3, -0.25) is 4.79 Å². The molecule has 1 aliphatic heterocycles. The molecule has 1 amide bonds. The molecule has 1 aliphatic rings. The molecule has 1 aromatic heterocycles. The van der Waals surface area contributed by atoms with Crippen molar-refractivity contribution in [2.24, 2.45) is 0 Å². The van der Waals surface area contributed by atoms with Crippen LogP contribution in [-0.2, 0) is 4.74 Å². The smallest absolute Gasteiger partial charge is 0.256 e. The van der Waals surface area contributed by atoms with Crippen LogP contribution in [0.5, 0.6) is 5.88 Å². The Hall–Kier alpha value is -2.57. The lowest BCUT2D eigenvalue weighted by Gasteiger charge is -2.13. The van der Waals surface area contributed by atoms with Gasteiger partial charge in [0.25, 0.3) is 5.91 Å². The van der Waals surface area contributed by atoms with Crippen molar-refractivity contribution < 1.29 is 14.3 Å². The summed E-state index contributed by atoms with van der Waals surface area (Å²) >= 11 is 1.68. The Kier molecular flexibility index (Phi) is 5.78. The fraction of sp³-hybridized carbons (Fsp3) is 0.273. The molecule has 144 valence electrons. The maximum absolute atomic E-state index is 12.9. The number of carbonyl (C=O) groups excluding carboxylic acids is 1. The van der Waals surface area contributed by atoms with Crippen molar-refractivity contribution in [1.82, 2.24) is 4.98 Å². The van der Waals surface area contributed by atoms with Gasteiger partial charge < -0.3 is 14.8 Å². The van der Waals surface area contributed by atoms with E-state index in [1.54, 1.807) is 18.9 Å². The van der Waals surface area contributed by atoms with E-state index in [0.29, 0.717) is 11.4 Å². The van der Waals surface area contributed by atoms with E-state index in [1.165, 1.54) is 0 Å². The number of benzene rings is 2. The number of nitrogens with one attached hydrogen (secondary N) is 1. The van der Waals surface area contributed by atoms with Crippen LogP contribution < -0.4 is 10.1 Å². The summed E-state index contributed by atoms with van der Waals surface area (Å²) < 4.78 is 10.8. The van der Waals surface area contributed by atoms with Crippen molar-refractivity contribution in [2.75, 3.05) is 24.8 Å². The lowest BCUT2D eigenvalue weighted by molar-refractivity contribution is 0.102. The molecule has 0 spiro atoms. The average molecular weight is 394 g/mol. The van der Waals surface area contributed by atoms with Crippen LogP contribution in [0.3, 0.4) is 0 Å². The monoisotopic (exact) mass is 394 g/mol. The minimum absolute atomic E-state index is 0.115. The second-order valence-electron chi connectivity index (χ2n) is 6.66. The highest BCUT2D eigenvalue weighted by Crippen LogP contribution is 2.28. The van der Waals surface area contributed by atoms with Crippen molar-refractivity contribution in [3.63, 3.8) is 0 Å². The molecular formula is C22H22N2O3S. The van der Waals surface area contributed by atoms with Gasteiger partial charge in [-0.1, -0.05) is 12.1 Å². The SMILES string of the molecule is COc1ccc2cc(NC(=O)c3ccccc3SCC3CCCO3)ccc2n1. The number of amides is 1. The maximum Gasteiger partial charge on any atom is 0.256 e. The molecular weight excluding hydrogens is 372 g/mol. The number of rotatable bonds is 6. The molecule has 1 unspecified atom stereocenters. The van der Waals surface area contributed by atoms with Gasteiger partial charge in [-0.25, -0.2) is 4.98 Å². The number of methoxy groups -OCH3 is 1. The van der Waals surface area contributed by atoms with Gasteiger partial charge in [-0.05, 0) is 49.2 Å². The molecule has 1 atom stereocenters. The molecule has 1 saturated heterocycles. The topological polar surface area (TPSA) is 60.5 Å². The summed E-state index contributed by atoms with van der Waals surface area (Å²) in [6, 6.07) is 17.1. The van der Waals surface area contributed by atoms with Gasteiger partial charge in [0.2, 0.25) is 5.88 Å². The predicted molar refractivity (Wildman–Crippen MR) is 112 cm³/mol. The quantitative estimate of drug-likeness (QED) is 0.611. The van der Waals surface area contributed by atoms with Crippen LogP contribution in [0.2, 0.25) is 0 Å². The lowest BCUT2D eigenvalue weighted by Crippen LogP contribution is -2.14. The van der Waals surface area contributed by atoms with E-state index in [2.05, 4.69) is 10.3 Å². The van der Waals surface area contributed by atoms with Crippen LogP contribution in [0.1, 0.15) is 23.2 Å². The zero-order valence-corrected chi connectivity index (χ0v) is 16.5. The van der Waals surface area contributed by atoms with Crippen LogP contribution >= 0.6 is 11.8 Å². The maximum atomic E-state index is 12.9. The molecule has 2 heterocycles. The van der Waals surface area contributed by atoms with Crippen molar-refractivity contribution in [3.05, 3.63) is 60.2 Å². The van der Waals surface area contributed by atoms with E-state index < -0.39 is 0 Å². The summed E-state index contributed by atoms with van der Waals surface area (Å²) in [5, 5.41) is 3.95. The Morgan fingerprint density at radius 2 is 2.14 bits per heavy atom. The van der Waals surface area contributed by atoms with Crippen molar-refractivity contribution in [2.45, 2.75) is 23.8 Å². The summed E-state index contributed by atoms with van der Waals surface area (Å²) in [6.07, 6.45) is 2.50. The first-order chi connectivity index (χ1) is 13.7. The molecule has 4 rings (SSSR count). The number of anilines is 1. The first-order valence-electron chi connectivity index (χ1n) is 9.32. The number of ether oxygens (including phenoxy) is 2. The Morgan fingerprint density at radius 1 is 1.25 bits per heavy atom. The van der Waals surface area contributed by atoms with Crippen LogP contribution in [0.4, 0.5) is 5.69 Å². The van der Waals surface area contributed by atoms with E-state index in [9.17, 15) is 4.79 Å². The van der Waals surface area contributed by atoms with E-state index in [0.717, 1.165) is 46.7 Å². The van der Waals surface area contributed by atoms with Gasteiger partial charge in [-0.2, -0.15) is 0 Å². The molecule has 5 nitrogen and oxygen atoms in total. The average Bonchev–Trinajstić information content (AvgIpc) is 3.25. The number of nitrogens with zero attached hydrogens (tertiary/aromatic N) is 1. The van der Waals surface area contributed by atoms with Gasteiger partial charge in [-0.15, -0.1) is 11.8 Å². The highest BCUT2D eigenvalue weighted by atomic mass is 32.2. The van der Waals surface area contributed by atoms with Gasteiger partial charge in [0.05, 0.1) is 24.3 Å². The van der Waals surface area contributed by atoms with Gasteiger partial charge >= 0.3 is 0 Å². The van der Waals surface area contributed by atoms with Gasteiger partial charge in [0.1, 0.15) is 0 Å². The molecule has 0 saturated carbocycles. The summed E-state index contributed by atoms with van der Waals surface area (Å²) in [4.78, 5) is 18.2. The van der Waals surface area contributed by atoms with Gasteiger partial charge in [0, 0.05) is 34.4 Å². The van der Waals surface area contributed by atoms with Crippen molar-refractivity contribution >= 4 is 34.3 Å². The molecule has 6 heteroatoms. The highest BCUT2D eigenvalue weighted by Gasteiger charge is 2.18. The van der Waals surface area contributed by atoms with Crippen molar-refractivity contribution in [3.8, 4) is 5.88 Å². The summed E-state index contributed by atoms with van der Waals surface area (Å²) in [7, 11) is 1.59. The minimum atomic E-state index is -0.115. The largest absolute Gasteiger partial charge is 0.481 e. The number of aromatic nitrogens is 1. The number of hydrogen-bond donors (Lipinski definition) is 1. The second-order valence-corrected chi connectivity index (χ2v) is 7.72. The van der Waals surface area contributed by atoms with E-state index in [1.807, 2.05) is 54.6 Å². The third-order valence-electron chi connectivity index (χ3n) is 4.71. The summed E-state index contributed by atoms with van der Waals surface area (Å²) in [6.45, 7) is 0.843. The predicted octanol–water partition coefficient (Wildman–Crippen LogP) is 4.77. The third kappa shape index (κ3) is 4.29. The summed E-state index contributed by atoms with van der Waals surface area (Å²) in [5.41, 5.74) is 2.24. The van der Waals surface area contributed by atoms with Crippen LogP contribution in [0.25, 0.3) is 10.9 Å². The second kappa shape index (κ2) is 8.63. The Balaban J connectivity index is 1.49. The zero-order chi connectivity index (χ0) is 19.3. The fourth-order valence-corrected chi connectivity index (χ4v) is 4.35. The molecule has 1 N–H and O–H groups in total. The molecule has 2 aromatic carbocycles. The number of hydrogen-bond acceptors (Lipinski definition) is 5. The molecule has 1 fully saturated rings. The number of thioether (sulfide) groups is 1. The number of carbonyl (C=O) groups is 1. The lowest BCUT2D eigenvalue weighted by atomic mass is 10.1. The first-order valence-corrected chi connectivity index (χ1v) is 10.3. The molecule has 0 aliphatic carbocycles.